The van der Waals surface area contributed by atoms with Crippen LogP contribution in [0, 0.1) is 0 Å². The first-order chi connectivity index (χ1) is 14.1. The lowest BCUT2D eigenvalue weighted by Gasteiger charge is -2.01. The molecule has 2 N–H and O–H groups in total. The van der Waals surface area contributed by atoms with Crippen LogP contribution in [0.4, 0.5) is 0 Å². The minimum absolute atomic E-state index is 0.190. The van der Waals surface area contributed by atoms with E-state index in [1.807, 2.05) is 24.3 Å². The fourth-order valence-corrected chi connectivity index (χ4v) is 2.26. The minimum atomic E-state index is -0.260. The molecule has 0 spiro atoms. The van der Waals surface area contributed by atoms with E-state index < -0.39 is 0 Å². The number of carbonyl (C=O) groups is 2. The van der Waals surface area contributed by atoms with Crippen molar-refractivity contribution >= 4 is 24.2 Å². The number of nitrogens with one attached hydrogen (secondary N) is 2. The van der Waals surface area contributed by atoms with Crippen molar-refractivity contribution in [3.63, 3.8) is 0 Å². The first-order valence-electron chi connectivity index (χ1n) is 9.02. The highest BCUT2D eigenvalue weighted by Crippen LogP contribution is 2.10. The number of ether oxygens (including phenoxy) is 2. The second-order valence-electron chi connectivity index (χ2n) is 5.99. The number of carbonyl (C=O) groups excluding carboxylic acids is 2. The maximum Gasteiger partial charge on any atom is 0.240 e. The van der Waals surface area contributed by atoms with E-state index in [-0.39, 0.29) is 24.7 Å². The summed E-state index contributed by atoms with van der Waals surface area (Å²) >= 11 is 0. The molecule has 8 nitrogen and oxygen atoms in total. The van der Waals surface area contributed by atoms with Crippen LogP contribution in [-0.4, -0.2) is 38.5 Å². The lowest BCUT2D eigenvalue weighted by molar-refractivity contribution is -0.122. The van der Waals surface area contributed by atoms with Gasteiger partial charge in [0.05, 0.1) is 26.6 Å². The maximum absolute atomic E-state index is 11.8. The summed E-state index contributed by atoms with van der Waals surface area (Å²) in [7, 11) is 3.19. The van der Waals surface area contributed by atoms with E-state index in [9.17, 15) is 9.59 Å². The largest absolute Gasteiger partial charge is 0.497 e. The smallest absolute Gasteiger partial charge is 0.240 e. The van der Waals surface area contributed by atoms with Gasteiger partial charge in [-0.05, 0) is 66.1 Å². The molecule has 2 aromatic rings. The second kappa shape index (κ2) is 11.9. The standard InChI is InChI=1S/C21H24N4O4/c1-28-18-10-6-16(7-11-18)14-22-24-20(26)4-3-5-21(27)25-23-15-17-8-12-19(29-2)13-9-17/h6-15H,3-5H2,1-2H3,(H,24,26)(H,25,27). The van der Waals surface area contributed by atoms with Crippen molar-refractivity contribution in [2.75, 3.05) is 14.2 Å². The normalized spacial score (nSPS) is 10.8. The van der Waals surface area contributed by atoms with Crippen LogP contribution in [0.5, 0.6) is 11.5 Å². The molecule has 2 rings (SSSR count). The maximum atomic E-state index is 11.8. The third-order valence-corrected chi connectivity index (χ3v) is 3.85. The molecule has 2 amide bonds. The molecule has 0 heterocycles. The molecule has 0 aliphatic heterocycles. The molecular formula is C21H24N4O4. The molecule has 0 aromatic heterocycles. The van der Waals surface area contributed by atoms with Gasteiger partial charge in [0.25, 0.3) is 0 Å². The Kier molecular flexibility index (Phi) is 8.88. The Bertz CT molecular complexity index is 774. The molecule has 152 valence electrons. The molecule has 0 unspecified atom stereocenters. The van der Waals surface area contributed by atoms with E-state index in [4.69, 9.17) is 9.47 Å². The van der Waals surface area contributed by atoms with Crippen LogP contribution in [0.1, 0.15) is 30.4 Å². The number of hydrogen-bond acceptors (Lipinski definition) is 6. The topological polar surface area (TPSA) is 101 Å². The van der Waals surface area contributed by atoms with Crippen molar-refractivity contribution in [1.29, 1.82) is 0 Å². The quantitative estimate of drug-likeness (QED) is 0.476. The van der Waals surface area contributed by atoms with Gasteiger partial charge in [-0.3, -0.25) is 9.59 Å². The number of amides is 2. The molecule has 0 atom stereocenters. The Morgan fingerprint density at radius 2 is 1.14 bits per heavy atom. The van der Waals surface area contributed by atoms with Crippen molar-refractivity contribution in [1.82, 2.24) is 10.9 Å². The zero-order chi connectivity index (χ0) is 20.9. The Labute approximate surface area is 169 Å². The summed E-state index contributed by atoms with van der Waals surface area (Å²) in [4.78, 5) is 23.5. The summed E-state index contributed by atoms with van der Waals surface area (Å²) in [6.07, 6.45) is 3.86. The predicted octanol–water partition coefficient (Wildman–Crippen LogP) is 2.47. The fraction of sp³-hybridized carbons (Fsp3) is 0.238. The van der Waals surface area contributed by atoms with Gasteiger partial charge in [0.15, 0.2) is 0 Å². The number of hydrazone groups is 2. The molecule has 8 heteroatoms. The SMILES string of the molecule is COc1ccc(C=NNC(=O)CCCC(=O)NN=Cc2ccc(OC)cc2)cc1. The number of nitrogens with zero attached hydrogens (tertiary/aromatic N) is 2. The number of hydrogen-bond donors (Lipinski definition) is 2. The third kappa shape index (κ3) is 8.25. The Hall–Kier alpha value is -3.68. The van der Waals surface area contributed by atoms with E-state index in [0.717, 1.165) is 22.6 Å². The molecular weight excluding hydrogens is 372 g/mol. The molecule has 0 aliphatic rings. The summed E-state index contributed by atoms with van der Waals surface area (Å²) in [6, 6.07) is 14.5. The Morgan fingerprint density at radius 3 is 1.48 bits per heavy atom. The summed E-state index contributed by atoms with van der Waals surface area (Å²) < 4.78 is 10.1. The number of benzene rings is 2. The Morgan fingerprint density at radius 1 is 0.759 bits per heavy atom. The average molecular weight is 396 g/mol. The zero-order valence-electron chi connectivity index (χ0n) is 16.4. The van der Waals surface area contributed by atoms with E-state index in [2.05, 4.69) is 21.1 Å². The van der Waals surface area contributed by atoms with Crippen LogP contribution in [0.3, 0.4) is 0 Å². The van der Waals surface area contributed by atoms with Crippen molar-refractivity contribution in [3.8, 4) is 11.5 Å². The minimum Gasteiger partial charge on any atom is -0.497 e. The van der Waals surface area contributed by atoms with E-state index in [1.165, 1.54) is 12.4 Å². The molecule has 2 aromatic carbocycles. The van der Waals surface area contributed by atoms with Crippen LogP contribution in [-0.2, 0) is 9.59 Å². The van der Waals surface area contributed by atoms with Crippen molar-refractivity contribution in [2.45, 2.75) is 19.3 Å². The third-order valence-electron chi connectivity index (χ3n) is 3.85. The van der Waals surface area contributed by atoms with Gasteiger partial charge in [0.2, 0.25) is 11.8 Å². The monoisotopic (exact) mass is 396 g/mol. The van der Waals surface area contributed by atoms with E-state index >= 15 is 0 Å². The number of rotatable bonds is 10. The van der Waals surface area contributed by atoms with Gasteiger partial charge in [-0.15, -0.1) is 0 Å². The number of methoxy groups -OCH3 is 2. The van der Waals surface area contributed by atoms with Crippen LogP contribution >= 0.6 is 0 Å². The van der Waals surface area contributed by atoms with Crippen LogP contribution < -0.4 is 20.3 Å². The molecule has 0 aliphatic carbocycles. The molecule has 0 bridgehead atoms. The van der Waals surface area contributed by atoms with Crippen LogP contribution in [0.15, 0.2) is 58.7 Å². The molecule has 0 saturated heterocycles. The van der Waals surface area contributed by atoms with Gasteiger partial charge in [0.1, 0.15) is 11.5 Å². The molecule has 0 saturated carbocycles. The summed E-state index contributed by atoms with van der Waals surface area (Å²) in [6.45, 7) is 0. The first-order valence-corrected chi connectivity index (χ1v) is 9.02. The van der Waals surface area contributed by atoms with Gasteiger partial charge in [-0.2, -0.15) is 10.2 Å². The van der Waals surface area contributed by atoms with Crippen LogP contribution in [0.25, 0.3) is 0 Å². The zero-order valence-corrected chi connectivity index (χ0v) is 16.4. The Balaban J connectivity index is 1.62. The summed E-state index contributed by atoms with van der Waals surface area (Å²) in [5.41, 5.74) is 6.54. The summed E-state index contributed by atoms with van der Waals surface area (Å²) in [5, 5.41) is 7.78. The van der Waals surface area contributed by atoms with Gasteiger partial charge >= 0.3 is 0 Å². The van der Waals surface area contributed by atoms with E-state index in [1.54, 1.807) is 38.5 Å². The molecule has 0 fully saturated rings. The van der Waals surface area contributed by atoms with Gasteiger partial charge in [0, 0.05) is 12.8 Å². The lowest BCUT2D eigenvalue weighted by atomic mass is 10.2. The molecule has 0 radical (unpaired) electrons. The lowest BCUT2D eigenvalue weighted by Crippen LogP contribution is -2.20. The highest BCUT2D eigenvalue weighted by Gasteiger charge is 2.04. The fourth-order valence-electron chi connectivity index (χ4n) is 2.26. The van der Waals surface area contributed by atoms with Crippen molar-refractivity contribution < 1.29 is 19.1 Å². The molecule has 29 heavy (non-hydrogen) atoms. The predicted molar refractivity (Wildman–Crippen MR) is 111 cm³/mol. The highest BCUT2D eigenvalue weighted by molar-refractivity contribution is 5.84. The van der Waals surface area contributed by atoms with Crippen molar-refractivity contribution in [2.24, 2.45) is 10.2 Å². The first kappa shape index (κ1) is 21.6. The van der Waals surface area contributed by atoms with Gasteiger partial charge < -0.3 is 9.47 Å². The van der Waals surface area contributed by atoms with Gasteiger partial charge in [-0.25, -0.2) is 10.9 Å². The van der Waals surface area contributed by atoms with Gasteiger partial charge in [-0.1, -0.05) is 0 Å². The highest BCUT2D eigenvalue weighted by atomic mass is 16.5. The van der Waals surface area contributed by atoms with Crippen LogP contribution in [0.2, 0.25) is 0 Å². The second-order valence-corrected chi connectivity index (χ2v) is 5.99. The van der Waals surface area contributed by atoms with Crippen molar-refractivity contribution in [3.05, 3.63) is 59.7 Å². The average Bonchev–Trinajstić information content (AvgIpc) is 2.75. The summed E-state index contributed by atoms with van der Waals surface area (Å²) in [5.74, 6) is 0.976. The van der Waals surface area contributed by atoms with E-state index in [0.29, 0.717) is 6.42 Å².